The highest BCUT2D eigenvalue weighted by Crippen LogP contribution is 2.04. The number of aliphatic imine (C=N–C) groups is 1. The van der Waals surface area contributed by atoms with Gasteiger partial charge in [-0.25, -0.2) is 0 Å². The van der Waals surface area contributed by atoms with Gasteiger partial charge in [0.05, 0.1) is 11.9 Å². The molecule has 0 bridgehead atoms. The maximum absolute atomic E-state index is 5.56. The van der Waals surface area contributed by atoms with Crippen molar-refractivity contribution >= 4 is 5.84 Å². The van der Waals surface area contributed by atoms with Crippen molar-refractivity contribution in [2.75, 3.05) is 0 Å². The van der Waals surface area contributed by atoms with E-state index in [1.807, 2.05) is 6.92 Å². The van der Waals surface area contributed by atoms with Crippen LogP contribution in [0.5, 0.6) is 0 Å². The van der Waals surface area contributed by atoms with Crippen molar-refractivity contribution in [3.05, 3.63) is 0 Å². The van der Waals surface area contributed by atoms with Gasteiger partial charge >= 0.3 is 0 Å². The van der Waals surface area contributed by atoms with Crippen molar-refractivity contribution in [2.24, 2.45) is 16.6 Å². The topological polar surface area (TPSA) is 38.4 Å². The Morgan fingerprint density at radius 2 is 1.90 bits per heavy atom. The molecule has 0 amide bonds. The second-order valence-corrected chi connectivity index (χ2v) is 2.96. The molecule has 2 nitrogen and oxygen atoms in total. The summed E-state index contributed by atoms with van der Waals surface area (Å²) in [5.74, 6) is 1.35. The summed E-state index contributed by atoms with van der Waals surface area (Å²) in [7, 11) is 0. The fourth-order valence-electron chi connectivity index (χ4n) is 0.502. The molecule has 60 valence electrons. The lowest BCUT2D eigenvalue weighted by Gasteiger charge is -2.10. The maximum Gasteiger partial charge on any atom is 0.0937 e. The molecule has 0 heterocycles. The summed E-state index contributed by atoms with van der Waals surface area (Å²) in [6.07, 6.45) is 0.858. The third-order valence-corrected chi connectivity index (χ3v) is 1.70. The standard InChI is InChI=1S/C8H18N2/c1-5-8(9)10-7(4)6(2)3/h6-7H,5H2,1-4H3,(H2,9,10)/t7-/m0/s1. The molecule has 0 aromatic rings. The van der Waals surface area contributed by atoms with E-state index in [9.17, 15) is 0 Å². The van der Waals surface area contributed by atoms with Gasteiger partial charge in [-0.05, 0) is 12.8 Å². The molecule has 10 heavy (non-hydrogen) atoms. The SMILES string of the molecule is CCC(N)=N[C@@H](C)C(C)C. The van der Waals surface area contributed by atoms with Gasteiger partial charge in [0.1, 0.15) is 0 Å². The van der Waals surface area contributed by atoms with E-state index in [-0.39, 0.29) is 0 Å². The summed E-state index contributed by atoms with van der Waals surface area (Å²) in [5.41, 5.74) is 5.56. The van der Waals surface area contributed by atoms with Gasteiger partial charge in [0, 0.05) is 6.42 Å². The minimum atomic E-state index is 0.361. The van der Waals surface area contributed by atoms with Gasteiger partial charge in [0.2, 0.25) is 0 Å². The number of nitrogens with zero attached hydrogens (tertiary/aromatic N) is 1. The van der Waals surface area contributed by atoms with Crippen molar-refractivity contribution in [3.63, 3.8) is 0 Å². The number of hydrogen-bond acceptors (Lipinski definition) is 1. The summed E-state index contributed by atoms with van der Waals surface area (Å²) in [4.78, 5) is 4.29. The van der Waals surface area contributed by atoms with Gasteiger partial charge < -0.3 is 5.73 Å². The summed E-state index contributed by atoms with van der Waals surface area (Å²) < 4.78 is 0. The fourth-order valence-corrected chi connectivity index (χ4v) is 0.502. The van der Waals surface area contributed by atoms with Crippen molar-refractivity contribution in [1.29, 1.82) is 0 Å². The van der Waals surface area contributed by atoms with Crippen LogP contribution in [0.3, 0.4) is 0 Å². The maximum atomic E-state index is 5.56. The Morgan fingerprint density at radius 3 is 2.20 bits per heavy atom. The van der Waals surface area contributed by atoms with Gasteiger partial charge in [-0.2, -0.15) is 0 Å². The zero-order chi connectivity index (χ0) is 8.15. The van der Waals surface area contributed by atoms with Gasteiger partial charge in [0.15, 0.2) is 0 Å². The van der Waals surface area contributed by atoms with Crippen LogP contribution in [-0.4, -0.2) is 11.9 Å². The molecule has 0 aromatic carbocycles. The monoisotopic (exact) mass is 142 g/mol. The zero-order valence-corrected chi connectivity index (χ0v) is 7.39. The quantitative estimate of drug-likeness (QED) is 0.473. The van der Waals surface area contributed by atoms with E-state index in [2.05, 4.69) is 25.8 Å². The molecule has 0 aromatic heterocycles. The first kappa shape index (κ1) is 9.47. The number of hydrogen-bond donors (Lipinski definition) is 1. The highest BCUT2D eigenvalue weighted by atomic mass is 14.9. The van der Waals surface area contributed by atoms with E-state index in [0.717, 1.165) is 12.3 Å². The normalized spacial score (nSPS) is 15.9. The highest BCUT2D eigenvalue weighted by molar-refractivity contribution is 5.80. The van der Waals surface area contributed by atoms with Crippen LogP contribution in [-0.2, 0) is 0 Å². The van der Waals surface area contributed by atoms with Gasteiger partial charge in [-0.15, -0.1) is 0 Å². The van der Waals surface area contributed by atoms with E-state index in [1.165, 1.54) is 0 Å². The Balaban J connectivity index is 3.86. The van der Waals surface area contributed by atoms with Crippen LogP contribution in [0.1, 0.15) is 34.1 Å². The molecule has 2 heteroatoms. The molecule has 2 N–H and O–H groups in total. The zero-order valence-electron chi connectivity index (χ0n) is 7.39. The molecule has 0 radical (unpaired) electrons. The van der Waals surface area contributed by atoms with Crippen LogP contribution in [0.4, 0.5) is 0 Å². The van der Waals surface area contributed by atoms with Crippen molar-refractivity contribution in [1.82, 2.24) is 0 Å². The molecule has 0 rings (SSSR count). The lowest BCUT2D eigenvalue weighted by Crippen LogP contribution is -2.17. The first-order valence-electron chi connectivity index (χ1n) is 3.90. The minimum absolute atomic E-state index is 0.361. The first-order valence-corrected chi connectivity index (χ1v) is 3.90. The summed E-state index contributed by atoms with van der Waals surface area (Å²) in [6, 6.07) is 0.361. The molecular formula is C8H18N2. The lowest BCUT2D eigenvalue weighted by atomic mass is 10.1. The van der Waals surface area contributed by atoms with Crippen LogP contribution in [0.25, 0.3) is 0 Å². The van der Waals surface area contributed by atoms with Crippen LogP contribution in [0.15, 0.2) is 4.99 Å². The Morgan fingerprint density at radius 1 is 1.40 bits per heavy atom. The molecule has 1 atom stereocenters. The largest absolute Gasteiger partial charge is 0.387 e. The average Bonchev–Trinajstić information content (AvgIpc) is 1.87. The third-order valence-electron chi connectivity index (χ3n) is 1.70. The van der Waals surface area contributed by atoms with E-state index < -0.39 is 0 Å². The summed E-state index contributed by atoms with van der Waals surface area (Å²) in [5, 5.41) is 0. The van der Waals surface area contributed by atoms with Crippen molar-refractivity contribution in [2.45, 2.75) is 40.2 Å². The Hall–Kier alpha value is -0.530. The molecule has 0 saturated carbocycles. The summed E-state index contributed by atoms with van der Waals surface area (Å²) in [6.45, 7) is 8.41. The van der Waals surface area contributed by atoms with Crippen LogP contribution < -0.4 is 5.73 Å². The second kappa shape index (κ2) is 4.31. The lowest BCUT2D eigenvalue weighted by molar-refractivity contribution is 0.530. The molecule has 0 aliphatic heterocycles. The van der Waals surface area contributed by atoms with Crippen LogP contribution in [0, 0.1) is 5.92 Å². The van der Waals surface area contributed by atoms with Gasteiger partial charge in [-0.3, -0.25) is 4.99 Å². The van der Waals surface area contributed by atoms with Crippen LogP contribution >= 0.6 is 0 Å². The van der Waals surface area contributed by atoms with E-state index in [4.69, 9.17) is 5.73 Å². The Labute approximate surface area is 63.5 Å². The molecule has 0 fully saturated rings. The predicted octanol–water partition coefficient (Wildman–Crippen LogP) is 1.80. The number of amidine groups is 1. The predicted molar refractivity (Wildman–Crippen MR) is 46.2 cm³/mol. The van der Waals surface area contributed by atoms with Gasteiger partial charge in [-0.1, -0.05) is 20.8 Å². The minimum Gasteiger partial charge on any atom is -0.387 e. The molecule has 0 aliphatic rings. The second-order valence-electron chi connectivity index (χ2n) is 2.96. The molecule has 0 saturated heterocycles. The van der Waals surface area contributed by atoms with E-state index in [0.29, 0.717) is 12.0 Å². The average molecular weight is 142 g/mol. The van der Waals surface area contributed by atoms with Gasteiger partial charge in [0.25, 0.3) is 0 Å². The molecular weight excluding hydrogens is 124 g/mol. The Kier molecular flexibility index (Phi) is 4.08. The summed E-state index contributed by atoms with van der Waals surface area (Å²) >= 11 is 0. The van der Waals surface area contributed by atoms with E-state index >= 15 is 0 Å². The molecule has 0 aliphatic carbocycles. The molecule has 0 spiro atoms. The third kappa shape index (κ3) is 3.49. The highest BCUT2D eigenvalue weighted by Gasteiger charge is 2.03. The number of rotatable bonds is 3. The molecule has 0 unspecified atom stereocenters. The van der Waals surface area contributed by atoms with Crippen LogP contribution in [0.2, 0.25) is 0 Å². The first-order chi connectivity index (χ1) is 4.57. The smallest absolute Gasteiger partial charge is 0.0937 e. The van der Waals surface area contributed by atoms with Crippen molar-refractivity contribution < 1.29 is 0 Å². The fraction of sp³-hybridized carbons (Fsp3) is 0.875. The van der Waals surface area contributed by atoms with Crippen molar-refractivity contribution in [3.8, 4) is 0 Å². The van der Waals surface area contributed by atoms with E-state index in [1.54, 1.807) is 0 Å². The number of nitrogens with two attached hydrogens (primary N) is 1. The Bertz CT molecular complexity index is 116.